The Balaban J connectivity index is 1.25. The maximum absolute atomic E-state index is 13.2. The molecule has 3 aromatic rings. The number of benzene rings is 3. The van der Waals surface area contributed by atoms with Crippen LogP contribution in [0, 0.1) is 5.92 Å². The van der Waals surface area contributed by atoms with Crippen molar-refractivity contribution >= 4 is 23.2 Å². The van der Waals surface area contributed by atoms with E-state index in [1.54, 1.807) is 36.3 Å². The molecular formula is C29H31N3O3. The van der Waals surface area contributed by atoms with Crippen molar-refractivity contribution in [3.63, 3.8) is 0 Å². The number of rotatable bonds is 6. The Bertz CT molecular complexity index is 1190. The zero-order valence-electron chi connectivity index (χ0n) is 20.1. The number of likely N-dealkylation sites (tertiary alicyclic amines) is 1. The number of carbonyl (C=O) groups is 2. The van der Waals surface area contributed by atoms with E-state index in [1.807, 2.05) is 24.3 Å². The monoisotopic (exact) mass is 469 g/mol. The SMILES string of the molecule is COc1ccc(C(=O)N2CCc3ccc(NC(=O)[C@@H]4CCCN(Cc5ccccc5)C4)cc32)cc1. The number of carbonyl (C=O) groups excluding carboxylic acids is 2. The van der Waals surface area contributed by atoms with Crippen LogP contribution in [0.15, 0.2) is 72.8 Å². The molecule has 180 valence electrons. The molecule has 3 aromatic carbocycles. The Morgan fingerprint density at radius 2 is 1.80 bits per heavy atom. The van der Waals surface area contributed by atoms with Gasteiger partial charge in [0, 0.05) is 36.6 Å². The van der Waals surface area contributed by atoms with Crippen molar-refractivity contribution < 1.29 is 14.3 Å². The zero-order valence-corrected chi connectivity index (χ0v) is 20.1. The minimum absolute atomic E-state index is 0.0429. The molecule has 2 amide bonds. The van der Waals surface area contributed by atoms with Gasteiger partial charge in [-0.05, 0) is 73.3 Å². The molecule has 1 saturated heterocycles. The molecule has 6 nitrogen and oxygen atoms in total. The maximum Gasteiger partial charge on any atom is 0.258 e. The molecule has 2 aliphatic heterocycles. The van der Waals surface area contributed by atoms with Gasteiger partial charge in [-0.1, -0.05) is 36.4 Å². The molecule has 0 spiro atoms. The molecule has 1 N–H and O–H groups in total. The van der Waals surface area contributed by atoms with Crippen molar-refractivity contribution in [2.24, 2.45) is 5.92 Å². The highest BCUT2D eigenvalue weighted by molar-refractivity contribution is 6.08. The minimum Gasteiger partial charge on any atom is -0.497 e. The quantitative estimate of drug-likeness (QED) is 0.566. The van der Waals surface area contributed by atoms with Gasteiger partial charge < -0.3 is 15.0 Å². The summed E-state index contributed by atoms with van der Waals surface area (Å²) in [5.41, 5.74) is 4.63. The van der Waals surface area contributed by atoms with Gasteiger partial charge in [0.2, 0.25) is 5.91 Å². The highest BCUT2D eigenvalue weighted by Crippen LogP contribution is 2.33. The number of piperidine rings is 1. The fourth-order valence-corrected chi connectivity index (χ4v) is 5.06. The third kappa shape index (κ3) is 5.23. The Labute approximate surface area is 206 Å². The number of hydrogen-bond donors (Lipinski definition) is 1. The summed E-state index contributed by atoms with van der Waals surface area (Å²) in [4.78, 5) is 30.5. The first-order chi connectivity index (χ1) is 17.1. The van der Waals surface area contributed by atoms with E-state index >= 15 is 0 Å². The van der Waals surface area contributed by atoms with E-state index in [2.05, 4.69) is 34.5 Å². The second-order valence-corrected chi connectivity index (χ2v) is 9.33. The lowest BCUT2D eigenvalue weighted by Gasteiger charge is -2.32. The Morgan fingerprint density at radius 3 is 2.57 bits per heavy atom. The van der Waals surface area contributed by atoms with Crippen molar-refractivity contribution in [1.82, 2.24) is 4.90 Å². The van der Waals surface area contributed by atoms with Crippen LogP contribution in [0.1, 0.15) is 34.3 Å². The third-order valence-electron chi connectivity index (χ3n) is 6.96. The van der Waals surface area contributed by atoms with E-state index < -0.39 is 0 Å². The average molecular weight is 470 g/mol. The van der Waals surface area contributed by atoms with Crippen LogP contribution in [-0.4, -0.2) is 43.5 Å². The molecule has 1 fully saturated rings. The molecule has 0 aliphatic carbocycles. The van der Waals surface area contributed by atoms with Crippen LogP contribution in [0.5, 0.6) is 5.75 Å². The summed E-state index contributed by atoms with van der Waals surface area (Å²) in [5, 5.41) is 3.12. The molecule has 1 atom stereocenters. The van der Waals surface area contributed by atoms with Gasteiger partial charge in [-0.2, -0.15) is 0 Å². The van der Waals surface area contributed by atoms with Gasteiger partial charge >= 0.3 is 0 Å². The van der Waals surface area contributed by atoms with Gasteiger partial charge in [-0.3, -0.25) is 14.5 Å². The van der Waals surface area contributed by atoms with Gasteiger partial charge in [0.05, 0.1) is 13.0 Å². The molecule has 5 rings (SSSR count). The summed E-state index contributed by atoms with van der Waals surface area (Å²) in [6.45, 7) is 3.27. The van der Waals surface area contributed by atoms with Crippen LogP contribution in [0.25, 0.3) is 0 Å². The highest BCUT2D eigenvalue weighted by atomic mass is 16.5. The van der Waals surface area contributed by atoms with Crippen molar-refractivity contribution in [2.45, 2.75) is 25.8 Å². The fraction of sp³-hybridized carbons (Fsp3) is 0.310. The summed E-state index contributed by atoms with van der Waals surface area (Å²) < 4.78 is 5.20. The lowest BCUT2D eigenvalue weighted by molar-refractivity contribution is -0.121. The van der Waals surface area contributed by atoms with E-state index in [0.717, 1.165) is 61.6 Å². The predicted octanol–water partition coefficient (Wildman–Crippen LogP) is 4.75. The maximum atomic E-state index is 13.2. The van der Waals surface area contributed by atoms with Gasteiger partial charge in [0.15, 0.2) is 0 Å². The molecule has 0 unspecified atom stereocenters. The molecule has 0 aromatic heterocycles. The van der Waals surface area contributed by atoms with E-state index in [1.165, 1.54) is 5.56 Å². The number of fused-ring (bicyclic) bond motifs is 1. The number of nitrogens with one attached hydrogen (secondary N) is 1. The lowest BCUT2D eigenvalue weighted by atomic mass is 9.96. The van der Waals surface area contributed by atoms with Crippen molar-refractivity contribution in [3.05, 3.63) is 89.5 Å². The summed E-state index contributed by atoms with van der Waals surface area (Å²) in [7, 11) is 1.61. The molecule has 0 radical (unpaired) electrons. The first kappa shape index (κ1) is 23.1. The predicted molar refractivity (Wildman–Crippen MR) is 138 cm³/mol. The summed E-state index contributed by atoms with van der Waals surface area (Å²) in [6.07, 6.45) is 2.71. The molecule has 35 heavy (non-hydrogen) atoms. The smallest absolute Gasteiger partial charge is 0.258 e. The summed E-state index contributed by atoms with van der Waals surface area (Å²) in [6, 6.07) is 23.5. The number of methoxy groups -OCH3 is 1. The minimum atomic E-state index is -0.0437. The van der Waals surface area contributed by atoms with Gasteiger partial charge in [-0.25, -0.2) is 0 Å². The van der Waals surface area contributed by atoms with E-state index in [-0.39, 0.29) is 17.7 Å². The molecule has 0 bridgehead atoms. The second-order valence-electron chi connectivity index (χ2n) is 9.33. The summed E-state index contributed by atoms with van der Waals surface area (Å²) >= 11 is 0. The normalized spacial score (nSPS) is 17.6. The first-order valence-electron chi connectivity index (χ1n) is 12.3. The molecule has 0 saturated carbocycles. The van der Waals surface area contributed by atoms with Gasteiger partial charge in [0.1, 0.15) is 5.75 Å². The van der Waals surface area contributed by atoms with Crippen LogP contribution in [0.3, 0.4) is 0 Å². The van der Waals surface area contributed by atoms with Crippen molar-refractivity contribution in [1.29, 1.82) is 0 Å². The van der Waals surface area contributed by atoms with Crippen LogP contribution in [0.2, 0.25) is 0 Å². The third-order valence-corrected chi connectivity index (χ3v) is 6.96. The fourth-order valence-electron chi connectivity index (χ4n) is 5.06. The van der Waals surface area contributed by atoms with Crippen molar-refractivity contribution in [3.8, 4) is 5.75 Å². The van der Waals surface area contributed by atoms with Crippen LogP contribution < -0.4 is 15.0 Å². The number of amides is 2. The first-order valence-corrected chi connectivity index (χ1v) is 12.3. The molecular weight excluding hydrogens is 438 g/mol. The molecule has 6 heteroatoms. The Kier molecular flexibility index (Phi) is 6.82. The van der Waals surface area contributed by atoms with E-state index in [4.69, 9.17) is 4.74 Å². The van der Waals surface area contributed by atoms with Crippen LogP contribution in [-0.2, 0) is 17.8 Å². The van der Waals surface area contributed by atoms with E-state index in [0.29, 0.717) is 12.1 Å². The number of anilines is 2. The van der Waals surface area contributed by atoms with Crippen LogP contribution >= 0.6 is 0 Å². The van der Waals surface area contributed by atoms with E-state index in [9.17, 15) is 9.59 Å². The average Bonchev–Trinajstić information content (AvgIpc) is 3.32. The largest absolute Gasteiger partial charge is 0.497 e. The van der Waals surface area contributed by atoms with Gasteiger partial charge in [-0.15, -0.1) is 0 Å². The van der Waals surface area contributed by atoms with Gasteiger partial charge in [0.25, 0.3) is 5.91 Å². The molecule has 2 heterocycles. The number of ether oxygens (including phenoxy) is 1. The highest BCUT2D eigenvalue weighted by Gasteiger charge is 2.28. The Morgan fingerprint density at radius 1 is 1.00 bits per heavy atom. The van der Waals surface area contributed by atoms with Crippen LogP contribution in [0.4, 0.5) is 11.4 Å². The number of hydrogen-bond acceptors (Lipinski definition) is 4. The second kappa shape index (κ2) is 10.3. The lowest BCUT2D eigenvalue weighted by Crippen LogP contribution is -2.40. The zero-order chi connectivity index (χ0) is 24.2. The summed E-state index contributed by atoms with van der Waals surface area (Å²) in [5.74, 6) is 0.684. The number of nitrogens with zero attached hydrogens (tertiary/aromatic N) is 2. The topological polar surface area (TPSA) is 61.9 Å². The van der Waals surface area contributed by atoms with Crippen molar-refractivity contribution in [2.75, 3.05) is 37.0 Å². The standard InChI is InChI=1S/C29H31N3O3/c1-35-26-13-10-23(11-14-26)29(34)32-17-15-22-9-12-25(18-27(22)32)30-28(33)24-8-5-16-31(20-24)19-21-6-3-2-4-7-21/h2-4,6-7,9-14,18,24H,5,8,15-17,19-20H2,1H3,(H,30,33)/t24-/m1/s1. The Hall–Kier alpha value is -3.64. The molecule has 2 aliphatic rings.